The van der Waals surface area contributed by atoms with Crippen LogP contribution in [0.15, 0.2) is 48.5 Å². The molecule has 1 fully saturated rings. The largest absolute Gasteiger partial charge is 0.366 e. The molecule has 160 valence electrons. The molecule has 7 heteroatoms. The van der Waals surface area contributed by atoms with E-state index in [-0.39, 0.29) is 29.6 Å². The highest BCUT2D eigenvalue weighted by molar-refractivity contribution is 5.97. The molecule has 1 aromatic heterocycles. The van der Waals surface area contributed by atoms with E-state index in [2.05, 4.69) is 4.98 Å². The summed E-state index contributed by atoms with van der Waals surface area (Å²) in [5.41, 5.74) is 7.47. The predicted octanol–water partition coefficient (Wildman–Crippen LogP) is 3.95. The molecule has 0 aliphatic carbocycles. The van der Waals surface area contributed by atoms with Crippen LogP contribution in [0.2, 0.25) is 0 Å². The zero-order valence-electron chi connectivity index (χ0n) is 17.0. The van der Waals surface area contributed by atoms with E-state index in [1.54, 1.807) is 35.2 Å². The van der Waals surface area contributed by atoms with Gasteiger partial charge in [-0.2, -0.15) is 0 Å². The Hall–Kier alpha value is -3.35. The molecule has 0 radical (unpaired) electrons. The van der Waals surface area contributed by atoms with Crippen LogP contribution in [0.5, 0.6) is 0 Å². The Labute approximate surface area is 178 Å². The first-order valence-corrected chi connectivity index (χ1v) is 10.3. The maximum Gasteiger partial charge on any atom is 0.250 e. The van der Waals surface area contributed by atoms with Gasteiger partial charge in [-0.3, -0.25) is 14.6 Å². The van der Waals surface area contributed by atoms with Gasteiger partial charge in [0.1, 0.15) is 11.6 Å². The van der Waals surface area contributed by atoms with Crippen LogP contribution in [0, 0.1) is 11.6 Å². The molecule has 3 aromatic rings. The molecule has 0 spiro atoms. The number of carbonyl (C=O) groups is 2. The van der Waals surface area contributed by atoms with Gasteiger partial charge in [0.15, 0.2) is 0 Å². The lowest BCUT2D eigenvalue weighted by Crippen LogP contribution is -2.40. The van der Waals surface area contributed by atoms with E-state index in [0.29, 0.717) is 41.7 Å². The molecule has 1 atom stereocenters. The fraction of sp³-hybridized carbons (Fsp3) is 0.292. The Bertz CT molecular complexity index is 1150. The van der Waals surface area contributed by atoms with Gasteiger partial charge in [-0.15, -0.1) is 0 Å². The van der Waals surface area contributed by atoms with Gasteiger partial charge in [-0.1, -0.05) is 18.2 Å². The van der Waals surface area contributed by atoms with E-state index in [4.69, 9.17) is 5.73 Å². The lowest BCUT2D eigenvalue weighted by Gasteiger charge is -2.33. The maximum absolute atomic E-state index is 13.8. The van der Waals surface area contributed by atoms with Crippen LogP contribution >= 0.6 is 0 Å². The lowest BCUT2D eigenvalue weighted by atomic mass is 9.90. The number of amides is 2. The number of hydrogen-bond acceptors (Lipinski definition) is 3. The number of piperidine rings is 1. The van der Waals surface area contributed by atoms with Crippen molar-refractivity contribution in [2.24, 2.45) is 5.73 Å². The first kappa shape index (κ1) is 20.9. The van der Waals surface area contributed by atoms with Crippen LogP contribution in [-0.2, 0) is 11.2 Å². The average Bonchev–Trinajstić information content (AvgIpc) is 2.77. The van der Waals surface area contributed by atoms with E-state index in [9.17, 15) is 18.4 Å². The summed E-state index contributed by atoms with van der Waals surface area (Å²) in [5.74, 6) is -1.56. The number of hydrogen-bond donors (Lipinski definition) is 1. The number of pyridine rings is 1. The van der Waals surface area contributed by atoms with Gasteiger partial charge in [0.25, 0.3) is 5.91 Å². The number of primary amides is 1. The number of halogens is 2. The highest BCUT2D eigenvalue weighted by Crippen LogP contribution is 2.30. The van der Waals surface area contributed by atoms with Gasteiger partial charge < -0.3 is 10.6 Å². The minimum atomic E-state index is -0.628. The normalized spacial score (nSPS) is 16.5. The first-order chi connectivity index (χ1) is 14.9. The van der Waals surface area contributed by atoms with E-state index in [1.165, 1.54) is 18.2 Å². The number of likely N-dealkylation sites (tertiary alicyclic amines) is 1. The highest BCUT2D eigenvalue weighted by Gasteiger charge is 2.28. The van der Waals surface area contributed by atoms with Crippen molar-refractivity contribution in [3.05, 3.63) is 77.0 Å². The Balaban J connectivity index is 1.54. The number of nitrogens with two attached hydrogens (primary N) is 1. The molecule has 31 heavy (non-hydrogen) atoms. The van der Waals surface area contributed by atoms with Crippen molar-refractivity contribution in [1.29, 1.82) is 0 Å². The smallest absolute Gasteiger partial charge is 0.250 e. The molecule has 5 nitrogen and oxygen atoms in total. The van der Waals surface area contributed by atoms with Crippen LogP contribution in [0.3, 0.4) is 0 Å². The van der Waals surface area contributed by atoms with E-state index in [0.717, 1.165) is 12.8 Å². The molecule has 1 saturated heterocycles. The summed E-state index contributed by atoms with van der Waals surface area (Å²) >= 11 is 0. The second-order valence-electron chi connectivity index (χ2n) is 7.89. The van der Waals surface area contributed by atoms with Crippen LogP contribution in [0.4, 0.5) is 8.78 Å². The third-order valence-corrected chi connectivity index (χ3v) is 5.80. The Morgan fingerprint density at radius 1 is 1.13 bits per heavy atom. The van der Waals surface area contributed by atoms with Crippen molar-refractivity contribution in [3.63, 3.8) is 0 Å². The molecule has 1 aliphatic heterocycles. The summed E-state index contributed by atoms with van der Waals surface area (Å²) in [6.45, 7) is 1.02. The number of fused-ring (bicyclic) bond motifs is 1. The molecule has 1 aliphatic rings. The summed E-state index contributed by atoms with van der Waals surface area (Å²) in [6.07, 6.45) is 2.06. The number of aromatic nitrogens is 1. The van der Waals surface area contributed by atoms with Crippen molar-refractivity contribution in [2.75, 3.05) is 13.1 Å². The van der Waals surface area contributed by atoms with Gasteiger partial charge >= 0.3 is 0 Å². The monoisotopic (exact) mass is 423 g/mol. The van der Waals surface area contributed by atoms with Crippen LogP contribution < -0.4 is 5.73 Å². The Morgan fingerprint density at radius 2 is 1.94 bits per heavy atom. The number of rotatable bonds is 5. The van der Waals surface area contributed by atoms with Crippen molar-refractivity contribution in [3.8, 4) is 0 Å². The highest BCUT2D eigenvalue weighted by atomic mass is 19.1. The van der Waals surface area contributed by atoms with Gasteiger partial charge in [0.2, 0.25) is 5.91 Å². The van der Waals surface area contributed by atoms with Gasteiger partial charge in [-0.05, 0) is 55.2 Å². The van der Waals surface area contributed by atoms with E-state index in [1.807, 2.05) is 0 Å². The fourth-order valence-corrected chi connectivity index (χ4v) is 4.20. The predicted molar refractivity (Wildman–Crippen MR) is 113 cm³/mol. The molecule has 2 heterocycles. The van der Waals surface area contributed by atoms with Gasteiger partial charge in [0, 0.05) is 30.8 Å². The summed E-state index contributed by atoms with van der Waals surface area (Å²) in [4.78, 5) is 31.2. The minimum Gasteiger partial charge on any atom is -0.366 e. The molecular weight excluding hydrogens is 400 g/mol. The zero-order valence-corrected chi connectivity index (χ0v) is 17.0. The third-order valence-electron chi connectivity index (χ3n) is 5.80. The van der Waals surface area contributed by atoms with E-state index >= 15 is 0 Å². The molecule has 2 N–H and O–H groups in total. The Kier molecular flexibility index (Phi) is 5.93. The second kappa shape index (κ2) is 8.79. The SMILES string of the molecule is NC(=O)c1cc2cc(F)ccc2nc1C1CCCN(C(=O)CCc2ccccc2F)C1. The number of carbonyl (C=O) groups excluding carboxylic acids is 2. The van der Waals surface area contributed by atoms with Crippen molar-refractivity contribution >= 4 is 22.7 Å². The fourth-order valence-electron chi connectivity index (χ4n) is 4.20. The average molecular weight is 423 g/mol. The van der Waals surface area contributed by atoms with Crippen LogP contribution in [0.1, 0.15) is 46.8 Å². The molecule has 0 bridgehead atoms. The molecular formula is C24H23F2N3O2. The molecule has 1 unspecified atom stereocenters. The number of nitrogens with zero attached hydrogens (tertiary/aromatic N) is 2. The Morgan fingerprint density at radius 3 is 2.71 bits per heavy atom. The molecule has 2 aromatic carbocycles. The first-order valence-electron chi connectivity index (χ1n) is 10.3. The van der Waals surface area contributed by atoms with Gasteiger partial charge in [-0.25, -0.2) is 8.78 Å². The summed E-state index contributed by atoms with van der Waals surface area (Å²) < 4.78 is 27.4. The van der Waals surface area contributed by atoms with Gasteiger partial charge in [0.05, 0.1) is 16.8 Å². The quantitative estimate of drug-likeness (QED) is 0.675. The zero-order chi connectivity index (χ0) is 22.0. The molecule has 4 rings (SSSR count). The topological polar surface area (TPSA) is 76.3 Å². The number of aryl methyl sites for hydroxylation is 1. The molecule has 2 amide bonds. The second-order valence-corrected chi connectivity index (χ2v) is 7.89. The molecule has 0 saturated carbocycles. The standard InChI is InChI=1S/C24H23F2N3O2/c25-18-8-9-21-17(12-18)13-19(24(27)31)23(28-21)16-5-3-11-29(14-16)22(30)10-7-15-4-1-2-6-20(15)26/h1-2,4,6,8-9,12-13,16H,3,5,7,10-11,14H2,(H2,27,31). The van der Waals surface area contributed by atoms with Crippen molar-refractivity contribution in [2.45, 2.75) is 31.6 Å². The lowest BCUT2D eigenvalue weighted by molar-refractivity contribution is -0.132. The summed E-state index contributed by atoms with van der Waals surface area (Å²) in [6, 6.07) is 12.2. The number of benzene rings is 2. The summed E-state index contributed by atoms with van der Waals surface area (Å²) in [5, 5.41) is 0.506. The third kappa shape index (κ3) is 4.55. The van der Waals surface area contributed by atoms with Crippen molar-refractivity contribution in [1.82, 2.24) is 9.88 Å². The van der Waals surface area contributed by atoms with Crippen LogP contribution in [0.25, 0.3) is 10.9 Å². The minimum absolute atomic E-state index is 0.0589. The van der Waals surface area contributed by atoms with Crippen molar-refractivity contribution < 1.29 is 18.4 Å². The van der Waals surface area contributed by atoms with Crippen LogP contribution in [-0.4, -0.2) is 34.8 Å². The maximum atomic E-state index is 13.8. The summed E-state index contributed by atoms with van der Waals surface area (Å²) in [7, 11) is 0. The van der Waals surface area contributed by atoms with E-state index < -0.39 is 11.7 Å².